The quantitative estimate of drug-likeness (QED) is 0.534. The first-order valence-corrected chi connectivity index (χ1v) is 3.12. The first-order chi connectivity index (χ1) is 4.20. The first-order valence-electron chi connectivity index (χ1n) is 3.12. The zero-order valence-electron chi connectivity index (χ0n) is 6.05. The highest BCUT2D eigenvalue weighted by Crippen LogP contribution is 2.05. The Labute approximate surface area is 54.7 Å². The van der Waals surface area contributed by atoms with Crippen molar-refractivity contribution in [3.05, 3.63) is 11.9 Å². The van der Waals surface area contributed by atoms with Crippen LogP contribution in [-0.4, -0.2) is 9.90 Å². The molecule has 1 aromatic rings. The molecule has 0 aliphatic heterocycles. The van der Waals surface area contributed by atoms with E-state index < -0.39 is 0 Å². The van der Waals surface area contributed by atoms with Gasteiger partial charge in [0.2, 0.25) is 5.69 Å². The fourth-order valence-corrected chi connectivity index (χ4v) is 0.673. The summed E-state index contributed by atoms with van der Waals surface area (Å²) in [6, 6.07) is 0. The Morgan fingerprint density at radius 2 is 2.33 bits per heavy atom. The summed E-state index contributed by atoms with van der Waals surface area (Å²) in [6.45, 7) is 4.24. The largest absolute Gasteiger partial charge is 0.220 e. The molecule has 0 bridgehead atoms. The van der Waals surface area contributed by atoms with Crippen molar-refractivity contribution >= 4 is 0 Å². The van der Waals surface area contributed by atoms with Crippen molar-refractivity contribution in [2.45, 2.75) is 19.8 Å². The van der Waals surface area contributed by atoms with Gasteiger partial charge in [0, 0.05) is 11.0 Å². The van der Waals surface area contributed by atoms with E-state index >= 15 is 0 Å². The smallest absolute Gasteiger partial charge is 0.174 e. The number of rotatable bonds is 1. The Morgan fingerprint density at radius 3 is 2.56 bits per heavy atom. The maximum atomic E-state index is 4.17. The van der Waals surface area contributed by atoms with Crippen LogP contribution in [0, 0.1) is 0 Å². The van der Waals surface area contributed by atoms with Gasteiger partial charge in [-0.2, -0.15) is 5.10 Å². The molecule has 0 spiro atoms. The molecule has 50 valence electrons. The van der Waals surface area contributed by atoms with Gasteiger partial charge in [0.1, 0.15) is 0 Å². The monoisotopic (exact) mass is 126 g/mol. The van der Waals surface area contributed by atoms with E-state index in [4.69, 9.17) is 0 Å². The van der Waals surface area contributed by atoms with Gasteiger partial charge in [-0.3, -0.25) is 0 Å². The Kier molecular flexibility index (Phi) is 1.51. The van der Waals surface area contributed by atoms with Gasteiger partial charge in [0.25, 0.3) is 0 Å². The van der Waals surface area contributed by atoms with Crippen LogP contribution < -0.4 is 5.10 Å². The van der Waals surface area contributed by atoms with Crippen LogP contribution in [0.15, 0.2) is 6.20 Å². The summed E-state index contributed by atoms with van der Waals surface area (Å²) in [5.41, 5.74) is 1.11. The molecule has 0 radical (unpaired) electrons. The van der Waals surface area contributed by atoms with Gasteiger partial charge in [-0.1, -0.05) is 18.6 Å². The van der Waals surface area contributed by atoms with Crippen molar-refractivity contribution in [3.63, 3.8) is 0 Å². The summed E-state index contributed by atoms with van der Waals surface area (Å²) in [6.07, 6.45) is 1.92. The fourth-order valence-electron chi connectivity index (χ4n) is 0.673. The highest BCUT2D eigenvalue weighted by molar-refractivity contribution is 4.93. The molecule has 0 aliphatic carbocycles. The van der Waals surface area contributed by atoms with Gasteiger partial charge < -0.3 is 0 Å². The van der Waals surface area contributed by atoms with Crippen molar-refractivity contribution < 1.29 is 5.10 Å². The molecule has 1 N–H and O–H groups in total. The normalized spacial score (nSPS) is 10.7. The second-order valence-corrected chi connectivity index (χ2v) is 2.48. The van der Waals surface area contributed by atoms with Gasteiger partial charge in [-0.25, -0.2) is 0 Å². The molecule has 3 nitrogen and oxygen atoms in total. The number of aromatic nitrogens is 3. The summed E-state index contributed by atoms with van der Waals surface area (Å²) in [4.78, 5) is 1.70. The Balaban J connectivity index is 2.85. The Morgan fingerprint density at radius 1 is 1.67 bits per heavy atom. The molecule has 0 aliphatic rings. The highest BCUT2D eigenvalue weighted by Gasteiger charge is 2.09. The molecule has 3 heteroatoms. The molecule has 0 saturated heterocycles. The van der Waals surface area contributed by atoms with E-state index in [0.29, 0.717) is 5.92 Å². The van der Waals surface area contributed by atoms with E-state index in [2.05, 4.69) is 24.0 Å². The van der Waals surface area contributed by atoms with E-state index in [1.54, 1.807) is 4.80 Å². The molecule has 0 amide bonds. The van der Waals surface area contributed by atoms with Crippen LogP contribution in [-0.2, 0) is 7.05 Å². The number of aryl methyl sites for hydroxylation is 1. The second-order valence-electron chi connectivity index (χ2n) is 2.48. The lowest BCUT2D eigenvalue weighted by Crippen LogP contribution is -2.13. The average molecular weight is 126 g/mol. The van der Waals surface area contributed by atoms with Crippen molar-refractivity contribution in [1.29, 1.82) is 0 Å². The van der Waals surface area contributed by atoms with E-state index in [1.165, 1.54) is 0 Å². The maximum Gasteiger partial charge on any atom is 0.220 e. The van der Waals surface area contributed by atoms with Gasteiger partial charge in [0.15, 0.2) is 6.20 Å². The zero-order valence-corrected chi connectivity index (χ0v) is 6.05. The van der Waals surface area contributed by atoms with Gasteiger partial charge in [-0.15, -0.1) is 0 Å². The molecule has 0 unspecified atom stereocenters. The fraction of sp³-hybridized carbons (Fsp3) is 0.667. The first kappa shape index (κ1) is 6.26. The standard InChI is InChI=1S/C6H11N3/c1-5(2)6-4-7-9(3)8-6/h4-5H,1-3H3/p+1. The lowest BCUT2D eigenvalue weighted by Gasteiger charge is -1.86. The molecular weight excluding hydrogens is 114 g/mol. The molecule has 0 saturated carbocycles. The summed E-state index contributed by atoms with van der Waals surface area (Å²) in [7, 11) is 1.88. The molecular formula is C6H12N3+. The number of hydrogen-bond acceptors (Lipinski definition) is 1. The van der Waals surface area contributed by atoms with Crippen LogP contribution >= 0.6 is 0 Å². The predicted octanol–water partition coefficient (Wildman–Crippen LogP) is 0.358. The van der Waals surface area contributed by atoms with Crippen molar-refractivity contribution in [1.82, 2.24) is 9.90 Å². The average Bonchev–Trinajstić information content (AvgIpc) is 2.14. The van der Waals surface area contributed by atoms with E-state index in [1.807, 2.05) is 13.2 Å². The van der Waals surface area contributed by atoms with Gasteiger partial charge in [0.05, 0.1) is 7.05 Å². The minimum absolute atomic E-state index is 0.516. The van der Waals surface area contributed by atoms with E-state index in [0.717, 1.165) is 5.69 Å². The zero-order chi connectivity index (χ0) is 6.85. The lowest BCUT2D eigenvalue weighted by molar-refractivity contribution is -0.492. The highest BCUT2D eigenvalue weighted by atomic mass is 15.4. The van der Waals surface area contributed by atoms with E-state index in [9.17, 15) is 0 Å². The van der Waals surface area contributed by atoms with Gasteiger partial charge in [-0.05, 0) is 0 Å². The summed E-state index contributed by atoms with van der Waals surface area (Å²) < 4.78 is 0. The van der Waals surface area contributed by atoms with Crippen LogP contribution in [0.3, 0.4) is 0 Å². The number of hydrogen-bond donors (Lipinski definition) is 0. The lowest BCUT2D eigenvalue weighted by atomic mass is 10.2. The number of H-pyrrole nitrogens is 1. The Bertz CT molecular complexity index is 190. The van der Waals surface area contributed by atoms with Crippen LogP contribution in [0.4, 0.5) is 0 Å². The molecule has 1 aromatic heterocycles. The number of aromatic amines is 1. The third-order valence-corrected chi connectivity index (χ3v) is 1.26. The Hall–Kier alpha value is -0.860. The minimum Gasteiger partial charge on any atom is -0.174 e. The maximum absolute atomic E-state index is 4.17. The minimum atomic E-state index is 0.516. The summed E-state index contributed by atoms with van der Waals surface area (Å²) in [5, 5.41) is 7.13. The van der Waals surface area contributed by atoms with Crippen molar-refractivity contribution in [2.24, 2.45) is 7.05 Å². The van der Waals surface area contributed by atoms with Crippen molar-refractivity contribution in [3.8, 4) is 0 Å². The molecule has 1 rings (SSSR count). The summed E-state index contributed by atoms with van der Waals surface area (Å²) in [5.74, 6) is 0.516. The van der Waals surface area contributed by atoms with Crippen LogP contribution in [0.5, 0.6) is 0 Å². The van der Waals surface area contributed by atoms with Crippen LogP contribution in [0.1, 0.15) is 25.5 Å². The van der Waals surface area contributed by atoms with Crippen LogP contribution in [0.2, 0.25) is 0 Å². The second kappa shape index (κ2) is 2.17. The summed E-state index contributed by atoms with van der Waals surface area (Å²) >= 11 is 0. The molecule has 9 heavy (non-hydrogen) atoms. The molecule has 0 aromatic carbocycles. The predicted molar refractivity (Wildman–Crippen MR) is 33.9 cm³/mol. The molecule has 1 heterocycles. The van der Waals surface area contributed by atoms with E-state index in [-0.39, 0.29) is 0 Å². The third-order valence-electron chi connectivity index (χ3n) is 1.26. The van der Waals surface area contributed by atoms with Crippen molar-refractivity contribution in [2.75, 3.05) is 0 Å². The number of nitrogens with zero attached hydrogens (tertiary/aromatic N) is 2. The topological polar surface area (TPSA) is 32.0 Å². The third kappa shape index (κ3) is 1.28. The SMILES string of the molecule is CC(C)c1c[nH+]n(C)n1. The molecule has 0 fully saturated rings. The number of nitrogens with one attached hydrogen (secondary N) is 1. The molecule has 0 atom stereocenters. The van der Waals surface area contributed by atoms with Crippen LogP contribution in [0.25, 0.3) is 0 Å². The van der Waals surface area contributed by atoms with Gasteiger partial charge >= 0.3 is 0 Å².